The second-order valence-electron chi connectivity index (χ2n) is 3.30. The number of aliphatic carboxylic acids is 1. The van der Waals surface area contributed by atoms with Crippen molar-refractivity contribution in [1.82, 2.24) is 0 Å². The molecule has 20 heavy (non-hydrogen) atoms. The maximum absolute atomic E-state index is 10.8. The maximum atomic E-state index is 10.8. The van der Waals surface area contributed by atoms with Crippen molar-refractivity contribution in [1.29, 1.82) is 0 Å². The fraction of sp³-hybridized carbons (Fsp3) is 0. The Hall–Kier alpha value is -3.30. The van der Waals surface area contributed by atoms with Gasteiger partial charge in [0.05, 0.1) is 15.9 Å². The molecule has 104 valence electrons. The number of benzene rings is 1. The second kappa shape index (κ2) is 6.58. The van der Waals surface area contributed by atoms with Gasteiger partial charge in [0.25, 0.3) is 5.69 Å². The van der Waals surface area contributed by atoms with Crippen LogP contribution in [0.15, 0.2) is 35.5 Å². The zero-order chi connectivity index (χ0) is 15.1. The lowest BCUT2D eigenvalue weighted by Gasteiger charge is -2.01. The lowest BCUT2D eigenvalue weighted by Crippen LogP contribution is -1.98. The lowest BCUT2D eigenvalue weighted by atomic mass is 10.2. The normalized spacial score (nSPS) is 10.8. The number of hydrazone groups is 1. The predicted molar refractivity (Wildman–Crippen MR) is 68.6 cm³/mol. The quantitative estimate of drug-likeness (QED) is 0.347. The molecule has 0 saturated heterocycles. The van der Waals surface area contributed by atoms with E-state index in [0.717, 1.165) is 36.6 Å². The highest BCUT2D eigenvalue weighted by molar-refractivity contribution is 5.86. The van der Waals surface area contributed by atoms with Gasteiger partial charge in [-0.05, 0) is 12.1 Å². The molecule has 0 fully saturated rings. The molecule has 1 aromatic carbocycles. The Morgan fingerprint density at radius 3 is 2.55 bits per heavy atom. The number of allylic oxidation sites excluding steroid dienone is 1. The first-order valence-electron chi connectivity index (χ1n) is 5.03. The van der Waals surface area contributed by atoms with Gasteiger partial charge >= 0.3 is 11.7 Å². The van der Waals surface area contributed by atoms with Crippen LogP contribution in [0.1, 0.15) is 0 Å². The number of non-ortho nitro benzene ring substituents is 1. The minimum atomic E-state index is -1.17. The monoisotopic (exact) mass is 280 g/mol. The number of nitrogens with zero attached hydrogens (tertiary/aromatic N) is 3. The zero-order valence-electron chi connectivity index (χ0n) is 9.79. The number of nitro groups is 2. The Morgan fingerprint density at radius 2 is 2.00 bits per heavy atom. The van der Waals surface area contributed by atoms with Crippen LogP contribution in [-0.4, -0.2) is 27.1 Å². The van der Waals surface area contributed by atoms with E-state index in [1.54, 1.807) is 0 Å². The zero-order valence-corrected chi connectivity index (χ0v) is 9.79. The van der Waals surface area contributed by atoms with Gasteiger partial charge in [-0.15, -0.1) is 0 Å². The fourth-order valence-corrected chi connectivity index (χ4v) is 1.15. The van der Waals surface area contributed by atoms with E-state index in [0.29, 0.717) is 0 Å². The molecule has 0 aromatic heterocycles. The molecule has 0 bridgehead atoms. The summed E-state index contributed by atoms with van der Waals surface area (Å²) < 4.78 is 0. The molecule has 2 N–H and O–H groups in total. The third kappa shape index (κ3) is 4.18. The number of carbonyl (C=O) groups is 1. The largest absolute Gasteiger partial charge is 0.478 e. The Kier molecular flexibility index (Phi) is 4.86. The first-order valence-corrected chi connectivity index (χ1v) is 5.03. The summed E-state index contributed by atoms with van der Waals surface area (Å²) in [6.07, 6.45) is 2.99. The molecular weight excluding hydrogens is 272 g/mol. The number of nitrogens with one attached hydrogen (secondary N) is 1. The minimum absolute atomic E-state index is 0.0550. The van der Waals surface area contributed by atoms with E-state index in [1.807, 2.05) is 0 Å². The van der Waals surface area contributed by atoms with Crippen LogP contribution >= 0.6 is 0 Å². The Labute approximate surface area is 111 Å². The molecule has 1 aromatic rings. The summed E-state index contributed by atoms with van der Waals surface area (Å²) in [5, 5.41) is 33.1. The number of anilines is 1. The summed E-state index contributed by atoms with van der Waals surface area (Å²) in [5.74, 6) is -1.17. The van der Waals surface area contributed by atoms with Crippen LogP contribution in [0.5, 0.6) is 0 Å². The summed E-state index contributed by atoms with van der Waals surface area (Å²) in [6, 6.07) is 3.01. The second-order valence-corrected chi connectivity index (χ2v) is 3.30. The van der Waals surface area contributed by atoms with Crippen molar-refractivity contribution in [3.8, 4) is 0 Å². The van der Waals surface area contributed by atoms with Gasteiger partial charge in [0.2, 0.25) is 0 Å². The molecule has 0 atom stereocenters. The molecule has 0 heterocycles. The SMILES string of the molecule is O=C(O)C=CC=NNc1ccc([N+](=O)[O-])cc1[N+](=O)[O-]. The van der Waals surface area contributed by atoms with Gasteiger partial charge < -0.3 is 5.11 Å². The highest BCUT2D eigenvalue weighted by atomic mass is 16.6. The summed E-state index contributed by atoms with van der Waals surface area (Å²) >= 11 is 0. The molecule has 1 rings (SSSR count). The molecule has 0 aliphatic rings. The summed E-state index contributed by atoms with van der Waals surface area (Å²) in [7, 11) is 0. The Morgan fingerprint density at radius 1 is 1.30 bits per heavy atom. The third-order valence-electron chi connectivity index (χ3n) is 1.97. The van der Waals surface area contributed by atoms with Crippen LogP contribution in [0.25, 0.3) is 0 Å². The molecule has 0 aliphatic carbocycles. The Balaban J connectivity index is 2.92. The topological polar surface area (TPSA) is 148 Å². The summed E-state index contributed by atoms with van der Waals surface area (Å²) in [6.45, 7) is 0. The first kappa shape index (κ1) is 14.8. The van der Waals surface area contributed by atoms with Gasteiger partial charge in [-0.25, -0.2) is 4.79 Å². The molecule has 0 radical (unpaired) electrons. The maximum Gasteiger partial charge on any atom is 0.328 e. The molecule has 0 unspecified atom stereocenters. The highest BCUT2D eigenvalue weighted by Gasteiger charge is 2.18. The molecule has 10 nitrogen and oxygen atoms in total. The van der Waals surface area contributed by atoms with E-state index in [4.69, 9.17) is 5.11 Å². The van der Waals surface area contributed by atoms with Crippen molar-refractivity contribution in [2.24, 2.45) is 5.10 Å². The van der Waals surface area contributed by atoms with E-state index >= 15 is 0 Å². The number of hydrogen-bond acceptors (Lipinski definition) is 7. The van der Waals surface area contributed by atoms with Gasteiger partial charge in [-0.1, -0.05) is 0 Å². The fourth-order valence-electron chi connectivity index (χ4n) is 1.15. The van der Waals surface area contributed by atoms with Gasteiger partial charge in [0, 0.05) is 18.4 Å². The average molecular weight is 280 g/mol. The smallest absolute Gasteiger partial charge is 0.328 e. The van der Waals surface area contributed by atoms with Crippen molar-refractivity contribution in [3.05, 3.63) is 50.6 Å². The van der Waals surface area contributed by atoms with Crippen LogP contribution in [0.2, 0.25) is 0 Å². The van der Waals surface area contributed by atoms with Gasteiger partial charge in [0.1, 0.15) is 5.69 Å². The molecule has 0 spiro atoms. The standard InChI is InChI=1S/C10H8N4O6/c15-10(16)2-1-5-11-12-8-4-3-7(13(17)18)6-9(8)14(19)20/h1-6,12H,(H,15,16). The Bertz CT molecular complexity index is 610. The van der Waals surface area contributed by atoms with Crippen molar-refractivity contribution >= 4 is 29.2 Å². The number of carboxylic acids is 1. The molecule has 0 amide bonds. The highest BCUT2D eigenvalue weighted by Crippen LogP contribution is 2.28. The molecule has 10 heteroatoms. The van der Waals surface area contributed by atoms with E-state index < -0.39 is 27.2 Å². The lowest BCUT2D eigenvalue weighted by molar-refractivity contribution is -0.393. The first-order chi connectivity index (χ1) is 9.41. The van der Waals surface area contributed by atoms with Crippen LogP contribution < -0.4 is 5.43 Å². The predicted octanol–water partition coefficient (Wildman–Crippen LogP) is 1.54. The van der Waals surface area contributed by atoms with Crippen molar-refractivity contribution in [3.63, 3.8) is 0 Å². The van der Waals surface area contributed by atoms with E-state index in [2.05, 4.69) is 10.5 Å². The van der Waals surface area contributed by atoms with Gasteiger partial charge in [0.15, 0.2) is 0 Å². The van der Waals surface area contributed by atoms with Gasteiger partial charge in [-0.3, -0.25) is 25.7 Å². The molecular formula is C10H8N4O6. The summed E-state index contributed by atoms with van der Waals surface area (Å²) in [4.78, 5) is 29.9. The number of rotatable bonds is 6. The number of carboxylic acid groups (broad SMARTS) is 1. The van der Waals surface area contributed by atoms with Crippen molar-refractivity contribution in [2.45, 2.75) is 0 Å². The molecule has 0 saturated carbocycles. The number of hydrogen-bond donors (Lipinski definition) is 2. The number of nitro benzene ring substituents is 2. The minimum Gasteiger partial charge on any atom is -0.478 e. The van der Waals surface area contributed by atoms with E-state index in [9.17, 15) is 25.0 Å². The average Bonchev–Trinajstić information content (AvgIpc) is 2.37. The van der Waals surface area contributed by atoms with Gasteiger partial charge in [-0.2, -0.15) is 5.10 Å². The van der Waals surface area contributed by atoms with Crippen LogP contribution in [0, 0.1) is 20.2 Å². The summed E-state index contributed by atoms with van der Waals surface area (Å²) in [5.41, 5.74) is 1.31. The van der Waals surface area contributed by atoms with Crippen LogP contribution in [0.3, 0.4) is 0 Å². The van der Waals surface area contributed by atoms with Crippen molar-refractivity contribution in [2.75, 3.05) is 5.43 Å². The van der Waals surface area contributed by atoms with Crippen LogP contribution in [-0.2, 0) is 4.79 Å². The third-order valence-corrected chi connectivity index (χ3v) is 1.97. The van der Waals surface area contributed by atoms with Crippen molar-refractivity contribution < 1.29 is 19.7 Å². The van der Waals surface area contributed by atoms with Crippen LogP contribution in [0.4, 0.5) is 17.1 Å². The van der Waals surface area contributed by atoms with E-state index in [-0.39, 0.29) is 5.69 Å². The van der Waals surface area contributed by atoms with E-state index in [1.165, 1.54) is 0 Å². The molecule has 0 aliphatic heterocycles.